The summed E-state index contributed by atoms with van der Waals surface area (Å²) in [6.07, 6.45) is 14.6. The highest BCUT2D eigenvalue weighted by atomic mass is 15.2. The third kappa shape index (κ3) is 6.84. The van der Waals surface area contributed by atoms with Crippen LogP contribution < -0.4 is 9.80 Å². The summed E-state index contributed by atoms with van der Waals surface area (Å²) in [5.41, 5.74) is 25.7. The molecule has 6 nitrogen and oxygen atoms in total. The molecule has 4 aliphatic carbocycles. The van der Waals surface area contributed by atoms with Crippen molar-refractivity contribution < 1.29 is 0 Å². The second kappa shape index (κ2) is 17.6. The van der Waals surface area contributed by atoms with Crippen LogP contribution in [0.25, 0.3) is 77.3 Å². The van der Waals surface area contributed by atoms with Crippen LogP contribution >= 0.6 is 0 Å². The fraction of sp³-hybridized carbons (Fsp3) is 0.162. The van der Waals surface area contributed by atoms with Crippen LogP contribution in [0.3, 0.4) is 0 Å². The van der Waals surface area contributed by atoms with Gasteiger partial charge in [0.1, 0.15) is 0 Å². The van der Waals surface area contributed by atoms with Crippen LogP contribution in [0.15, 0.2) is 207 Å². The first-order chi connectivity index (χ1) is 39.2. The van der Waals surface area contributed by atoms with E-state index >= 15 is 0 Å². The van der Waals surface area contributed by atoms with E-state index in [1.165, 1.54) is 54.9 Å². The highest BCUT2D eigenvalue weighted by Crippen LogP contribution is 2.62. The molecule has 4 aliphatic rings. The Kier molecular flexibility index (Phi) is 10.3. The number of hydrogen-bond acceptors (Lipinski definition) is 6. The molecular formula is C74H58N6. The third-order valence-corrected chi connectivity index (χ3v) is 18.4. The van der Waals surface area contributed by atoms with E-state index in [4.69, 9.17) is 19.9 Å². The van der Waals surface area contributed by atoms with Crippen LogP contribution in [0.4, 0.5) is 34.1 Å². The van der Waals surface area contributed by atoms with Crippen molar-refractivity contribution in [3.63, 3.8) is 0 Å². The molecule has 0 saturated carbocycles. The summed E-state index contributed by atoms with van der Waals surface area (Å²) in [4.78, 5) is 25.1. The normalized spacial score (nSPS) is 14.9. The highest BCUT2D eigenvalue weighted by molar-refractivity contribution is 6.09. The molecule has 0 N–H and O–H groups in total. The van der Waals surface area contributed by atoms with Gasteiger partial charge in [0.15, 0.2) is 11.6 Å². The summed E-state index contributed by atoms with van der Waals surface area (Å²) in [6.45, 7) is 9.91. The molecule has 0 fully saturated rings. The third-order valence-electron chi connectivity index (χ3n) is 18.4. The zero-order valence-electron chi connectivity index (χ0n) is 45.6. The summed E-state index contributed by atoms with van der Waals surface area (Å²) >= 11 is 0. The van der Waals surface area contributed by atoms with Crippen molar-refractivity contribution in [1.82, 2.24) is 19.9 Å². The van der Waals surface area contributed by atoms with Gasteiger partial charge in [0, 0.05) is 44.1 Å². The van der Waals surface area contributed by atoms with Crippen LogP contribution in [0.5, 0.6) is 0 Å². The van der Waals surface area contributed by atoms with Crippen LogP contribution in [0, 0.1) is 0 Å². The van der Waals surface area contributed by atoms with E-state index in [0.717, 1.165) is 95.4 Å². The summed E-state index contributed by atoms with van der Waals surface area (Å²) in [5, 5.41) is 7.88. The first-order valence-electron chi connectivity index (χ1n) is 28.5. The molecule has 10 aromatic carbocycles. The van der Waals surface area contributed by atoms with Gasteiger partial charge in [-0.15, -0.1) is 0 Å². The van der Waals surface area contributed by atoms with Crippen molar-refractivity contribution in [3.8, 4) is 45.0 Å². The van der Waals surface area contributed by atoms with Crippen molar-refractivity contribution in [1.29, 1.82) is 0 Å². The van der Waals surface area contributed by atoms with Gasteiger partial charge in [-0.2, -0.15) is 0 Å². The maximum Gasteiger partial charge on any atom is 0.159 e. The van der Waals surface area contributed by atoms with Gasteiger partial charge in [-0.1, -0.05) is 161 Å². The lowest BCUT2D eigenvalue weighted by Crippen LogP contribution is -2.23. The smallest absolute Gasteiger partial charge is 0.159 e. The first-order valence-corrected chi connectivity index (χ1v) is 28.5. The molecular weight excluding hydrogens is 973 g/mol. The Labute approximate surface area is 467 Å². The van der Waals surface area contributed by atoms with Crippen molar-refractivity contribution in [2.75, 3.05) is 9.80 Å². The van der Waals surface area contributed by atoms with E-state index in [-0.39, 0.29) is 10.8 Å². The second-order valence-corrected chi connectivity index (χ2v) is 23.5. The van der Waals surface area contributed by atoms with Gasteiger partial charge in [0.25, 0.3) is 0 Å². The predicted molar refractivity (Wildman–Crippen MR) is 330 cm³/mol. The number of fused-ring (bicyclic) bond motifs is 12. The zero-order chi connectivity index (χ0) is 53.4. The second-order valence-electron chi connectivity index (χ2n) is 23.5. The number of hydrogen-bond donors (Lipinski definition) is 0. The first kappa shape index (κ1) is 46.8. The minimum Gasteiger partial charge on any atom is -0.307 e. The zero-order valence-corrected chi connectivity index (χ0v) is 45.6. The average molecular weight is 1030 g/mol. The summed E-state index contributed by atoms with van der Waals surface area (Å²) < 4.78 is 0. The summed E-state index contributed by atoms with van der Waals surface area (Å²) in [6, 6.07) is 65.4. The average Bonchev–Trinajstić information content (AvgIpc) is 3.40. The molecule has 0 unspecified atom stereocenters. The molecule has 12 aromatic rings. The SMILES string of the molecule is CC1(C)c2cc(-c3ncc(N(c4ccccc4)c4cccc5ccccc45)cn3)ccc2-c2c1c1c3c(c4c(c5c3c2CCC5)C(C)(C)c2cc(-c3ncc(N(c5ccccc5)c5cccc6ccccc56)cn3)ccc2-4)CCC1. The number of benzene rings is 10. The lowest BCUT2D eigenvalue weighted by Gasteiger charge is -2.35. The van der Waals surface area contributed by atoms with E-state index in [1.807, 2.05) is 24.8 Å². The predicted octanol–water partition coefficient (Wildman–Crippen LogP) is 18.6. The van der Waals surface area contributed by atoms with Gasteiger partial charge in [-0.25, -0.2) is 19.9 Å². The lowest BCUT2D eigenvalue weighted by molar-refractivity contribution is 0.637. The molecule has 0 radical (unpaired) electrons. The van der Waals surface area contributed by atoms with E-state index in [1.54, 1.807) is 44.2 Å². The maximum atomic E-state index is 5.14. The standard InChI is InChI=1S/C74H58N6/c1-73(2)61-39-47(71-75-41-51(42-76-71)79(49-23-7-5-8-24-49)63-33-15-21-45-19-11-13-27-53(45)63)35-37-55(61)67-57-29-18-32-60-66(57)65-58(30-17-31-59(65)69(67)73)68-56-38-36-48(40-62(56)74(3,4)70(60)68)72-77-43-52(44-78-72)80(50-25-9-6-10-26-50)64-34-16-22-46-20-12-14-28-54(46)64/h5-16,19-28,33-44H,17-18,29-32H2,1-4H3. The summed E-state index contributed by atoms with van der Waals surface area (Å²) in [7, 11) is 0. The number of aromatic nitrogens is 4. The fourth-order valence-corrected chi connectivity index (χ4v) is 15.0. The van der Waals surface area contributed by atoms with Gasteiger partial charge in [0.2, 0.25) is 0 Å². The molecule has 16 rings (SSSR count). The van der Waals surface area contributed by atoms with Crippen molar-refractivity contribution >= 4 is 66.4 Å². The minimum atomic E-state index is -0.209. The fourth-order valence-electron chi connectivity index (χ4n) is 15.0. The molecule has 0 spiro atoms. The molecule has 0 bridgehead atoms. The van der Waals surface area contributed by atoms with E-state index in [9.17, 15) is 0 Å². The number of para-hydroxylation sites is 2. The van der Waals surface area contributed by atoms with Crippen LogP contribution in [0.1, 0.15) is 85.0 Å². The number of nitrogens with zero attached hydrogens (tertiary/aromatic N) is 6. The topological polar surface area (TPSA) is 58.0 Å². The molecule has 0 amide bonds. The maximum absolute atomic E-state index is 5.14. The number of rotatable bonds is 8. The summed E-state index contributed by atoms with van der Waals surface area (Å²) in [5.74, 6) is 1.48. The number of anilines is 6. The Morgan fingerprint density at radius 1 is 0.362 bits per heavy atom. The monoisotopic (exact) mass is 1030 g/mol. The lowest BCUT2D eigenvalue weighted by atomic mass is 9.68. The molecule has 0 atom stereocenters. The van der Waals surface area contributed by atoms with Gasteiger partial charge in [-0.05, 0) is 175 Å². The highest BCUT2D eigenvalue weighted by Gasteiger charge is 2.46. The Balaban J connectivity index is 0.775. The molecule has 2 heterocycles. The molecule has 2 aromatic heterocycles. The van der Waals surface area contributed by atoms with E-state index in [0.29, 0.717) is 0 Å². The Morgan fingerprint density at radius 3 is 1.16 bits per heavy atom. The number of aryl methyl sites for hydroxylation is 4. The van der Waals surface area contributed by atoms with Gasteiger partial charge >= 0.3 is 0 Å². The van der Waals surface area contributed by atoms with Crippen LogP contribution in [-0.4, -0.2) is 19.9 Å². The molecule has 6 heteroatoms. The Hall–Kier alpha value is -9.26. The minimum absolute atomic E-state index is 0.209. The Bertz CT molecular complexity index is 4220. The van der Waals surface area contributed by atoms with Gasteiger partial charge in [0.05, 0.1) is 47.5 Å². The molecule has 384 valence electrons. The van der Waals surface area contributed by atoms with E-state index in [2.05, 4.69) is 219 Å². The van der Waals surface area contributed by atoms with Gasteiger partial charge < -0.3 is 9.80 Å². The molecule has 0 saturated heterocycles. The van der Waals surface area contributed by atoms with Gasteiger partial charge in [-0.3, -0.25) is 0 Å². The molecule has 0 aliphatic heterocycles. The van der Waals surface area contributed by atoms with E-state index < -0.39 is 0 Å². The Morgan fingerprint density at radius 2 is 0.738 bits per heavy atom. The van der Waals surface area contributed by atoms with Crippen molar-refractivity contribution in [2.45, 2.75) is 77.0 Å². The van der Waals surface area contributed by atoms with Crippen LogP contribution in [-0.2, 0) is 36.5 Å². The van der Waals surface area contributed by atoms with Crippen molar-refractivity contribution in [3.05, 3.63) is 251 Å². The van der Waals surface area contributed by atoms with Crippen molar-refractivity contribution in [2.24, 2.45) is 0 Å². The molecule has 80 heavy (non-hydrogen) atoms. The van der Waals surface area contributed by atoms with Crippen LogP contribution in [0.2, 0.25) is 0 Å². The largest absolute Gasteiger partial charge is 0.307 e. The quantitative estimate of drug-likeness (QED) is 0.151.